The van der Waals surface area contributed by atoms with Crippen molar-refractivity contribution >= 4 is 39.8 Å². The molecule has 14 nitrogen and oxygen atoms in total. The number of hydrogen-bond acceptors (Lipinski definition) is 10. The van der Waals surface area contributed by atoms with E-state index >= 15 is 0 Å². The van der Waals surface area contributed by atoms with Crippen LogP contribution in [-0.2, 0) is 11.2 Å². The number of aliphatic carboxylic acids is 1. The molecule has 0 saturated heterocycles. The van der Waals surface area contributed by atoms with E-state index in [0.29, 0.717) is 11.3 Å². The van der Waals surface area contributed by atoms with Gasteiger partial charge in [-0.1, -0.05) is 0 Å². The van der Waals surface area contributed by atoms with Crippen LogP contribution < -0.4 is 18.6 Å². The van der Waals surface area contributed by atoms with Gasteiger partial charge in [0.15, 0.2) is 6.21 Å². The second-order valence-corrected chi connectivity index (χ2v) is 8.37. The molecule has 4 aromatic heterocycles. The Balaban J connectivity index is 0.000000221. The van der Waals surface area contributed by atoms with Crippen molar-refractivity contribution in [2.45, 2.75) is 6.42 Å². The van der Waals surface area contributed by atoms with Gasteiger partial charge in [0.05, 0.1) is 23.4 Å². The molecule has 0 aromatic carbocycles. The van der Waals surface area contributed by atoms with Crippen molar-refractivity contribution in [2.24, 2.45) is 0 Å². The summed E-state index contributed by atoms with van der Waals surface area (Å²) in [6.45, 7) is 0. The number of H-pyrrole nitrogens is 2. The number of halogens is 1. The van der Waals surface area contributed by atoms with Crippen LogP contribution >= 0.6 is 0 Å². The van der Waals surface area contributed by atoms with E-state index in [2.05, 4.69) is 42.3 Å². The number of carboxylic acid groups (broad SMARTS) is 1. The summed E-state index contributed by atoms with van der Waals surface area (Å²) >= 11 is 0. The van der Waals surface area contributed by atoms with Crippen LogP contribution in [0.2, 0.25) is 0 Å². The fraction of sp³-hybridized carbons (Fsp3) is 0.238. The maximum absolute atomic E-state index is 10.5. The monoisotopic (exact) mass is 520 g/mol. The number of allylic oxidation sites excluding steroid dienone is 1. The molecule has 0 radical (unpaired) electrons. The highest BCUT2D eigenvalue weighted by atomic mass is 35.7. The highest BCUT2D eigenvalue weighted by molar-refractivity contribution is 6.11. The SMILES string of the molecule is CN(C)/C=C(/C=[N+](C)C)c1ncnc2[nH]ccc12.O=C(O)Cc1ncnc2[nH]ccc12.[O-][Cl+3]([O-])([O-])[O-]. The van der Waals surface area contributed by atoms with Crippen LogP contribution in [0.1, 0.15) is 11.4 Å². The summed E-state index contributed by atoms with van der Waals surface area (Å²) in [4.78, 5) is 34.9. The van der Waals surface area contributed by atoms with Gasteiger partial charge in [0.25, 0.3) is 0 Å². The van der Waals surface area contributed by atoms with Crippen molar-refractivity contribution in [1.29, 1.82) is 0 Å². The van der Waals surface area contributed by atoms with E-state index in [9.17, 15) is 4.79 Å². The van der Waals surface area contributed by atoms with Crippen LogP contribution in [0, 0.1) is 10.2 Å². The molecule has 36 heavy (non-hydrogen) atoms. The Hall–Kier alpha value is -3.95. The number of carboxylic acids is 1. The molecule has 0 saturated carbocycles. The fourth-order valence-electron chi connectivity index (χ4n) is 3.02. The zero-order chi connectivity index (χ0) is 26.9. The first-order valence-electron chi connectivity index (χ1n) is 10.1. The number of nitrogens with one attached hydrogen (secondary N) is 2. The summed E-state index contributed by atoms with van der Waals surface area (Å²) in [5, 5.41) is 10.4. The quantitative estimate of drug-likeness (QED) is 0.178. The first kappa shape index (κ1) is 28.3. The highest BCUT2D eigenvalue weighted by Crippen LogP contribution is 2.19. The van der Waals surface area contributed by atoms with Crippen molar-refractivity contribution in [2.75, 3.05) is 28.2 Å². The van der Waals surface area contributed by atoms with Crippen molar-refractivity contribution in [3.05, 3.63) is 54.8 Å². The summed E-state index contributed by atoms with van der Waals surface area (Å²) in [5.74, 6) is -0.888. The Morgan fingerprint density at radius 2 is 1.53 bits per heavy atom. The van der Waals surface area contributed by atoms with Gasteiger partial charge in [-0.2, -0.15) is 0 Å². The lowest BCUT2D eigenvalue weighted by Crippen LogP contribution is -2.68. The van der Waals surface area contributed by atoms with E-state index in [-0.39, 0.29) is 6.42 Å². The zero-order valence-corrected chi connectivity index (χ0v) is 20.6. The van der Waals surface area contributed by atoms with Gasteiger partial charge in [-0.05, 0) is 12.1 Å². The normalized spacial score (nSPS) is 11.3. The molecule has 0 amide bonds. The maximum Gasteiger partial charge on any atom is 0.309 e. The molecule has 0 fully saturated rings. The molecule has 3 N–H and O–H groups in total. The maximum atomic E-state index is 10.5. The first-order valence-corrected chi connectivity index (χ1v) is 11.4. The summed E-state index contributed by atoms with van der Waals surface area (Å²) in [6, 6.07) is 3.77. The average molecular weight is 521 g/mol. The van der Waals surface area contributed by atoms with Crippen LogP contribution in [0.3, 0.4) is 0 Å². The molecule has 4 aromatic rings. The lowest BCUT2D eigenvalue weighted by molar-refractivity contribution is -2.00. The molecule has 0 spiro atoms. The largest absolute Gasteiger partial charge is 0.481 e. The van der Waals surface area contributed by atoms with E-state index in [0.717, 1.165) is 27.7 Å². The Bertz CT molecular complexity index is 1350. The standard InChI is InChI=1S/C13H18N5.C8H7N3O2.ClHO4/c1-17(2)7-10(8-18(3)4)12-11-5-6-14-13(11)16-9-15-12;12-7(13)3-6-5-1-2-9-8(5)11-4-10-6;2-1(3,4)5/h5-9H,1-4H3,(H,14,15,16);1-2,4H,3H2,(H,12,13)(H,9,10,11);(H,2,3,4,5)/q+1;;/p-1. The fourth-order valence-corrected chi connectivity index (χ4v) is 3.02. The Morgan fingerprint density at radius 3 is 2.06 bits per heavy atom. The van der Waals surface area contributed by atoms with Gasteiger partial charge in [0.1, 0.15) is 38.0 Å². The lowest BCUT2D eigenvalue weighted by atomic mass is 10.1. The number of hydrogen-bond donors (Lipinski definition) is 3. The lowest BCUT2D eigenvalue weighted by Gasteiger charge is -2.17. The summed E-state index contributed by atoms with van der Waals surface area (Å²) in [5.41, 5.74) is 4.06. The van der Waals surface area contributed by atoms with E-state index in [4.69, 9.17) is 23.7 Å². The van der Waals surface area contributed by atoms with Gasteiger partial charge in [0.2, 0.25) is 0 Å². The molecule has 4 heterocycles. The third-order valence-corrected chi connectivity index (χ3v) is 4.18. The minimum atomic E-state index is -4.94. The third-order valence-electron chi connectivity index (χ3n) is 4.18. The molecule has 0 unspecified atom stereocenters. The topological polar surface area (TPSA) is 219 Å². The van der Waals surface area contributed by atoms with E-state index < -0.39 is 16.2 Å². The number of nitrogens with zero attached hydrogens (tertiary/aromatic N) is 6. The van der Waals surface area contributed by atoms with Crippen LogP contribution in [0.25, 0.3) is 27.6 Å². The number of fused-ring (bicyclic) bond motifs is 2. The van der Waals surface area contributed by atoms with Gasteiger partial charge in [-0.25, -0.2) is 43.1 Å². The van der Waals surface area contributed by atoms with E-state index in [1.54, 1.807) is 18.6 Å². The zero-order valence-electron chi connectivity index (χ0n) is 19.9. The first-order chi connectivity index (χ1) is 16.8. The average Bonchev–Trinajstić information content (AvgIpc) is 3.41. The second kappa shape index (κ2) is 12.7. The van der Waals surface area contributed by atoms with Crippen LogP contribution in [0.5, 0.6) is 0 Å². The Labute approximate surface area is 207 Å². The van der Waals surface area contributed by atoms with Crippen LogP contribution in [-0.4, -0.2) is 84.9 Å². The minimum absolute atomic E-state index is 0.0725. The van der Waals surface area contributed by atoms with Gasteiger partial charge < -0.3 is 20.0 Å². The van der Waals surface area contributed by atoms with E-state index in [1.807, 2.05) is 49.9 Å². The molecule has 0 bridgehead atoms. The van der Waals surface area contributed by atoms with Crippen LogP contribution in [0.15, 0.2) is 43.4 Å². The molecule has 0 atom stereocenters. The summed E-state index contributed by atoms with van der Waals surface area (Å²) in [6.07, 6.45) is 10.6. The van der Waals surface area contributed by atoms with E-state index in [1.165, 1.54) is 6.33 Å². The number of rotatable bonds is 5. The van der Waals surface area contributed by atoms with Crippen molar-refractivity contribution in [3.63, 3.8) is 0 Å². The molecule has 0 aliphatic heterocycles. The van der Waals surface area contributed by atoms with Crippen molar-refractivity contribution in [1.82, 2.24) is 34.8 Å². The minimum Gasteiger partial charge on any atom is -0.481 e. The molecule has 0 aliphatic rings. The van der Waals surface area contributed by atoms with Gasteiger partial charge in [-0.3, -0.25) is 4.79 Å². The number of carbonyl (C=O) groups is 1. The molecule has 192 valence electrons. The molecule has 0 aliphatic carbocycles. The van der Waals surface area contributed by atoms with Crippen molar-refractivity contribution < 1.29 is 43.4 Å². The predicted octanol–water partition coefficient (Wildman–Crippen LogP) is -2.97. The number of aromatic nitrogens is 6. The Morgan fingerprint density at radius 1 is 1.00 bits per heavy atom. The van der Waals surface area contributed by atoms with Gasteiger partial charge in [0, 0.05) is 43.5 Å². The molecular weight excluding hydrogens is 496 g/mol. The van der Waals surface area contributed by atoms with Crippen molar-refractivity contribution in [3.8, 4) is 0 Å². The third kappa shape index (κ3) is 9.36. The van der Waals surface area contributed by atoms with Gasteiger partial charge >= 0.3 is 5.97 Å². The molecule has 4 rings (SSSR count). The van der Waals surface area contributed by atoms with Crippen LogP contribution in [0.4, 0.5) is 0 Å². The summed E-state index contributed by atoms with van der Waals surface area (Å²) in [7, 11) is 3.05. The van der Waals surface area contributed by atoms with Gasteiger partial charge in [-0.15, -0.1) is 10.2 Å². The predicted molar refractivity (Wildman–Crippen MR) is 119 cm³/mol. The number of aromatic amines is 2. The summed E-state index contributed by atoms with van der Waals surface area (Å²) < 4.78 is 36.0. The Kier molecular flexibility index (Phi) is 9.95. The highest BCUT2D eigenvalue weighted by Gasteiger charge is 2.11. The molecule has 15 heteroatoms. The smallest absolute Gasteiger partial charge is 0.309 e. The molecular formula is C21H25ClN8O6. The second-order valence-electron chi connectivity index (χ2n) is 7.61.